The van der Waals surface area contributed by atoms with Crippen molar-refractivity contribution in [1.29, 1.82) is 0 Å². The predicted molar refractivity (Wildman–Crippen MR) is 105 cm³/mol. The molecule has 11 heteroatoms. The zero-order chi connectivity index (χ0) is 25.8. The average molecular weight is 504 g/mol. The lowest BCUT2D eigenvalue weighted by Gasteiger charge is -2.20. The van der Waals surface area contributed by atoms with Gasteiger partial charge < -0.3 is 4.74 Å². The van der Waals surface area contributed by atoms with Crippen molar-refractivity contribution in [1.82, 2.24) is 0 Å². The quantitative estimate of drug-likeness (QED) is 0.155. The summed E-state index contributed by atoms with van der Waals surface area (Å²) >= 11 is 0. The summed E-state index contributed by atoms with van der Waals surface area (Å²) in [5.74, 6) is -15.3. The predicted octanol–water partition coefficient (Wildman–Crippen LogP) is 8.06. The largest absolute Gasteiger partial charge is 0.432 e. The van der Waals surface area contributed by atoms with Crippen LogP contribution >= 0.6 is 0 Å². The number of halogens is 10. The van der Waals surface area contributed by atoms with Gasteiger partial charge in [-0.1, -0.05) is 0 Å². The summed E-state index contributed by atoms with van der Waals surface area (Å²) in [5.41, 5.74) is -3.36. The lowest BCUT2D eigenvalue weighted by Crippen LogP contribution is -2.25. The molecule has 0 radical (unpaired) electrons. The summed E-state index contributed by atoms with van der Waals surface area (Å²) in [4.78, 5) is 0. The molecule has 0 saturated carbocycles. The fraction of sp³-hybridized carbons (Fsp3) is 0.0833. The van der Waals surface area contributed by atoms with Crippen LogP contribution < -0.4 is 4.74 Å². The molecule has 0 saturated heterocycles. The van der Waals surface area contributed by atoms with E-state index in [2.05, 4.69) is 4.74 Å². The van der Waals surface area contributed by atoms with Crippen LogP contribution in [0.4, 0.5) is 43.9 Å². The van der Waals surface area contributed by atoms with Gasteiger partial charge in [-0.2, -0.15) is 8.78 Å². The molecule has 0 aliphatic rings. The van der Waals surface area contributed by atoms with Crippen LogP contribution in [0.5, 0.6) is 5.75 Å². The Morgan fingerprint density at radius 2 is 1.11 bits per heavy atom. The van der Waals surface area contributed by atoms with E-state index in [0.29, 0.717) is 18.2 Å². The Labute approximate surface area is 190 Å². The van der Waals surface area contributed by atoms with Crippen LogP contribution in [-0.4, -0.2) is 0 Å². The van der Waals surface area contributed by atoms with Gasteiger partial charge >= 0.3 is 6.11 Å². The molecule has 0 heterocycles. The van der Waals surface area contributed by atoms with E-state index in [1.54, 1.807) is 0 Å². The van der Waals surface area contributed by atoms with Crippen molar-refractivity contribution in [2.24, 2.45) is 0 Å². The highest BCUT2D eigenvalue weighted by molar-refractivity contribution is 5.85. The van der Waals surface area contributed by atoms with Gasteiger partial charge in [0.2, 0.25) is 0 Å². The van der Waals surface area contributed by atoms with Crippen LogP contribution in [0.25, 0.3) is 21.9 Å². The topological polar surface area (TPSA) is 9.23 Å². The number of fused-ring (bicyclic) bond motifs is 1. The van der Waals surface area contributed by atoms with E-state index >= 15 is 0 Å². The van der Waals surface area contributed by atoms with Crippen LogP contribution in [0.2, 0.25) is 0 Å². The molecular formula is C24H10F10O. The summed E-state index contributed by atoms with van der Waals surface area (Å²) in [7, 11) is 0. The van der Waals surface area contributed by atoms with Crippen molar-refractivity contribution in [2.75, 3.05) is 0 Å². The minimum atomic E-state index is -4.78. The lowest BCUT2D eigenvalue weighted by atomic mass is 10.00. The number of ether oxygens (including phenoxy) is 1. The molecule has 0 atom stereocenters. The zero-order valence-corrected chi connectivity index (χ0v) is 17.2. The van der Waals surface area contributed by atoms with Gasteiger partial charge in [0.05, 0.1) is 5.56 Å². The SMILES string of the molecule is Cc1cc(F)c(-c2cc(F)c(C(F)(F)Oc3ccc4c(F)c(F)c(F)c(F)c4c3)c(F)c2)c(F)c1. The van der Waals surface area contributed by atoms with Crippen molar-refractivity contribution in [3.05, 3.63) is 100 Å². The van der Waals surface area contributed by atoms with Crippen molar-refractivity contribution in [3.8, 4) is 16.9 Å². The Hall–Kier alpha value is -3.76. The number of alkyl halides is 2. The van der Waals surface area contributed by atoms with E-state index in [9.17, 15) is 43.9 Å². The molecule has 0 unspecified atom stereocenters. The first-order valence-electron chi connectivity index (χ1n) is 9.60. The third-order valence-corrected chi connectivity index (χ3v) is 5.10. The standard InChI is InChI=1S/C24H10F10O/c1-9-4-14(25)18(15(26)5-9)10-6-16(27)19(17(28)7-10)24(33,34)35-11-2-3-12-13(8-11)21(30)23(32)22(31)20(12)29/h2-8H,1H3. The van der Waals surface area contributed by atoms with E-state index in [1.165, 1.54) is 6.92 Å². The van der Waals surface area contributed by atoms with Gasteiger partial charge in [0, 0.05) is 10.8 Å². The second-order valence-electron chi connectivity index (χ2n) is 7.50. The maximum atomic E-state index is 14.7. The Kier molecular flexibility index (Phi) is 5.90. The smallest absolute Gasteiger partial charge is 0.429 e. The first kappa shape index (κ1) is 24.4. The van der Waals surface area contributed by atoms with Crippen molar-refractivity contribution in [3.63, 3.8) is 0 Å². The van der Waals surface area contributed by atoms with E-state index < -0.39 is 85.9 Å². The number of benzene rings is 4. The molecule has 0 aliphatic heterocycles. The Morgan fingerprint density at radius 1 is 0.600 bits per heavy atom. The first-order chi connectivity index (χ1) is 16.3. The van der Waals surface area contributed by atoms with Gasteiger partial charge in [-0.25, -0.2) is 35.1 Å². The maximum absolute atomic E-state index is 14.7. The van der Waals surface area contributed by atoms with Crippen molar-refractivity contribution < 1.29 is 48.6 Å². The van der Waals surface area contributed by atoms with Crippen LogP contribution in [0.1, 0.15) is 11.1 Å². The second-order valence-corrected chi connectivity index (χ2v) is 7.50. The lowest BCUT2D eigenvalue weighted by molar-refractivity contribution is -0.189. The molecule has 182 valence electrons. The molecule has 0 aliphatic carbocycles. The van der Waals surface area contributed by atoms with E-state index in [-0.39, 0.29) is 17.7 Å². The van der Waals surface area contributed by atoms with Gasteiger partial charge in [-0.15, -0.1) is 0 Å². The fourth-order valence-corrected chi connectivity index (χ4v) is 3.56. The maximum Gasteiger partial charge on any atom is 0.432 e. The van der Waals surface area contributed by atoms with Crippen LogP contribution in [0.15, 0.2) is 42.5 Å². The van der Waals surface area contributed by atoms with Crippen molar-refractivity contribution >= 4 is 10.8 Å². The van der Waals surface area contributed by atoms with Gasteiger partial charge in [0.1, 0.15) is 34.6 Å². The fourth-order valence-electron chi connectivity index (χ4n) is 3.56. The van der Waals surface area contributed by atoms with Gasteiger partial charge in [0.25, 0.3) is 0 Å². The van der Waals surface area contributed by atoms with E-state index in [0.717, 1.165) is 12.1 Å². The monoisotopic (exact) mass is 504 g/mol. The summed E-state index contributed by atoms with van der Waals surface area (Å²) in [6.45, 7) is 1.36. The highest BCUT2D eigenvalue weighted by Gasteiger charge is 2.41. The summed E-state index contributed by atoms with van der Waals surface area (Å²) in [6, 6.07) is 3.86. The van der Waals surface area contributed by atoms with E-state index in [4.69, 9.17) is 0 Å². The molecule has 0 amide bonds. The van der Waals surface area contributed by atoms with Crippen LogP contribution in [-0.2, 0) is 6.11 Å². The summed E-state index contributed by atoms with van der Waals surface area (Å²) < 4.78 is 146. The molecule has 35 heavy (non-hydrogen) atoms. The molecule has 0 N–H and O–H groups in total. The Morgan fingerprint density at radius 3 is 1.66 bits per heavy atom. The molecule has 0 bridgehead atoms. The molecule has 0 spiro atoms. The molecule has 0 fully saturated rings. The Balaban J connectivity index is 1.76. The van der Waals surface area contributed by atoms with E-state index in [1.807, 2.05) is 0 Å². The second kappa shape index (κ2) is 8.47. The van der Waals surface area contributed by atoms with Crippen LogP contribution in [0, 0.1) is 53.5 Å². The molecule has 4 aromatic carbocycles. The average Bonchev–Trinajstić information content (AvgIpc) is 2.74. The number of aryl methyl sites for hydroxylation is 1. The van der Waals surface area contributed by atoms with Gasteiger partial charge in [-0.05, 0) is 60.5 Å². The number of rotatable bonds is 4. The summed E-state index contributed by atoms with van der Waals surface area (Å²) in [6.07, 6.45) is -4.78. The first-order valence-corrected chi connectivity index (χ1v) is 9.60. The highest BCUT2D eigenvalue weighted by Crippen LogP contribution is 2.39. The molecule has 4 aromatic rings. The third kappa shape index (κ3) is 4.15. The van der Waals surface area contributed by atoms with Crippen LogP contribution in [0.3, 0.4) is 0 Å². The molecule has 0 aromatic heterocycles. The van der Waals surface area contributed by atoms with Gasteiger partial charge in [-0.3, -0.25) is 0 Å². The minimum absolute atomic E-state index is 0.163. The zero-order valence-electron chi connectivity index (χ0n) is 17.2. The molecule has 1 nitrogen and oxygen atoms in total. The highest BCUT2D eigenvalue weighted by atomic mass is 19.3. The third-order valence-electron chi connectivity index (χ3n) is 5.10. The minimum Gasteiger partial charge on any atom is -0.429 e. The Bertz CT molecular complexity index is 1450. The van der Waals surface area contributed by atoms with Gasteiger partial charge in [0.15, 0.2) is 23.3 Å². The molecule has 4 rings (SSSR count). The normalized spacial score (nSPS) is 11.9. The van der Waals surface area contributed by atoms with Crippen molar-refractivity contribution in [2.45, 2.75) is 13.0 Å². The molecular weight excluding hydrogens is 494 g/mol. The number of hydrogen-bond donors (Lipinski definition) is 0. The number of hydrogen-bond acceptors (Lipinski definition) is 1. The summed E-state index contributed by atoms with van der Waals surface area (Å²) in [5, 5.41) is -1.78.